The maximum atomic E-state index is 11.3. The number of nitrogens with two attached hydrogens (primary N) is 1. The molecular weight excluding hydrogens is 152 g/mol. The molecule has 1 aliphatic rings. The van der Waals surface area contributed by atoms with Crippen LogP contribution < -0.4 is 5.73 Å². The van der Waals surface area contributed by atoms with E-state index in [0.717, 1.165) is 25.9 Å². The summed E-state index contributed by atoms with van der Waals surface area (Å²) in [4.78, 5) is 13.2. The zero-order valence-electron chi connectivity index (χ0n) is 7.97. The average molecular weight is 170 g/mol. The highest BCUT2D eigenvalue weighted by molar-refractivity contribution is 5.77. The second kappa shape index (κ2) is 3.44. The van der Waals surface area contributed by atoms with Gasteiger partial charge in [-0.15, -0.1) is 0 Å². The normalized spacial score (nSPS) is 20.4. The van der Waals surface area contributed by atoms with Gasteiger partial charge in [-0.1, -0.05) is 13.8 Å². The Bertz CT molecular complexity index is 173. The van der Waals surface area contributed by atoms with E-state index in [4.69, 9.17) is 5.73 Å². The minimum atomic E-state index is -0.0800. The van der Waals surface area contributed by atoms with Crippen LogP contribution in [0.3, 0.4) is 0 Å². The van der Waals surface area contributed by atoms with Gasteiger partial charge in [-0.2, -0.15) is 0 Å². The van der Waals surface area contributed by atoms with Gasteiger partial charge in [-0.3, -0.25) is 4.79 Å². The van der Waals surface area contributed by atoms with Crippen molar-refractivity contribution in [1.82, 2.24) is 4.90 Å². The first-order valence-electron chi connectivity index (χ1n) is 4.68. The molecule has 1 rings (SSSR count). The molecule has 1 heterocycles. The predicted molar refractivity (Wildman–Crippen MR) is 48.7 cm³/mol. The topological polar surface area (TPSA) is 46.3 Å². The van der Waals surface area contributed by atoms with Gasteiger partial charge in [0.25, 0.3) is 0 Å². The van der Waals surface area contributed by atoms with Gasteiger partial charge in [0, 0.05) is 19.5 Å². The summed E-state index contributed by atoms with van der Waals surface area (Å²) in [7, 11) is 0. The molecule has 3 heteroatoms. The number of nitrogens with zero attached hydrogens (tertiary/aromatic N) is 1. The van der Waals surface area contributed by atoms with E-state index in [2.05, 4.69) is 6.92 Å². The van der Waals surface area contributed by atoms with E-state index in [9.17, 15) is 4.79 Å². The molecule has 0 unspecified atom stereocenters. The van der Waals surface area contributed by atoms with E-state index in [1.165, 1.54) is 0 Å². The Labute approximate surface area is 73.9 Å². The van der Waals surface area contributed by atoms with Crippen molar-refractivity contribution in [3.8, 4) is 0 Å². The van der Waals surface area contributed by atoms with Crippen LogP contribution in [0.2, 0.25) is 0 Å². The van der Waals surface area contributed by atoms with Crippen LogP contribution in [-0.2, 0) is 4.79 Å². The molecule has 0 bridgehead atoms. The highest BCUT2D eigenvalue weighted by atomic mass is 16.2. The summed E-state index contributed by atoms with van der Waals surface area (Å²) < 4.78 is 0. The monoisotopic (exact) mass is 170 g/mol. The zero-order valence-corrected chi connectivity index (χ0v) is 7.97. The summed E-state index contributed by atoms with van der Waals surface area (Å²) in [5, 5.41) is 0. The molecule has 0 saturated carbocycles. The van der Waals surface area contributed by atoms with E-state index in [0.29, 0.717) is 6.42 Å². The van der Waals surface area contributed by atoms with Crippen molar-refractivity contribution < 1.29 is 4.79 Å². The molecule has 70 valence electrons. The van der Waals surface area contributed by atoms with E-state index >= 15 is 0 Å². The molecule has 1 saturated heterocycles. The predicted octanol–water partition coefficient (Wildman–Crippen LogP) is 0.736. The molecule has 1 amide bonds. The molecule has 0 aromatic carbocycles. The third-order valence-corrected chi connectivity index (χ3v) is 2.53. The van der Waals surface area contributed by atoms with Gasteiger partial charge in [0.05, 0.1) is 5.54 Å². The van der Waals surface area contributed by atoms with Gasteiger partial charge in [0.1, 0.15) is 0 Å². The van der Waals surface area contributed by atoms with Crippen LogP contribution in [0.4, 0.5) is 0 Å². The average Bonchev–Trinajstić information content (AvgIpc) is 1.99. The minimum absolute atomic E-state index is 0.0800. The summed E-state index contributed by atoms with van der Waals surface area (Å²) in [5.74, 6) is 0.257. The van der Waals surface area contributed by atoms with Crippen LogP contribution >= 0.6 is 0 Å². The van der Waals surface area contributed by atoms with Crippen LogP contribution in [0.15, 0.2) is 0 Å². The number of rotatable bonds is 3. The standard InChI is InChI=1S/C9H18N2O/c1-3-5-8(12)11-6-9(10,4-2)7-11/h3-7,10H2,1-2H3. The number of carbonyl (C=O) groups is 1. The van der Waals surface area contributed by atoms with Crippen LogP contribution in [0.5, 0.6) is 0 Å². The first-order chi connectivity index (χ1) is 5.61. The third kappa shape index (κ3) is 1.78. The Morgan fingerprint density at radius 3 is 2.50 bits per heavy atom. The van der Waals surface area contributed by atoms with Crippen molar-refractivity contribution in [3.63, 3.8) is 0 Å². The van der Waals surface area contributed by atoms with Gasteiger partial charge >= 0.3 is 0 Å². The fourth-order valence-electron chi connectivity index (χ4n) is 1.49. The second-order valence-corrected chi connectivity index (χ2v) is 3.72. The molecule has 0 aromatic heterocycles. The molecule has 0 spiro atoms. The van der Waals surface area contributed by atoms with Crippen LogP contribution in [-0.4, -0.2) is 29.4 Å². The summed E-state index contributed by atoms with van der Waals surface area (Å²) in [6, 6.07) is 0. The van der Waals surface area contributed by atoms with E-state index in [1.54, 1.807) is 0 Å². The number of hydrogen-bond donors (Lipinski definition) is 1. The molecule has 0 aromatic rings. The quantitative estimate of drug-likeness (QED) is 0.679. The minimum Gasteiger partial charge on any atom is -0.339 e. The molecule has 12 heavy (non-hydrogen) atoms. The summed E-state index contributed by atoms with van der Waals surface area (Å²) in [5.41, 5.74) is 5.85. The molecule has 2 N–H and O–H groups in total. The molecule has 1 fully saturated rings. The summed E-state index contributed by atoms with van der Waals surface area (Å²) in [6.45, 7) is 5.60. The second-order valence-electron chi connectivity index (χ2n) is 3.72. The lowest BCUT2D eigenvalue weighted by molar-refractivity contribution is -0.138. The zero-order chi connectivity index (χ0) is 9.19. The molecule has 0 atom stereocenters. The lowest BCUT2D eigenvalue weighted by Gasteiger charge is -2.47. The summed E-state index contributed by atoms with van der Waals surface area (Å²) >= 11 is 0. The van der Waals surface area contributed by atoms with Crippen LogP contribution in [0, 0.1) is 0 Å². The van der Waals surface area contributed by atoms with Gasteiger partial charge in [-0.25, -0.2) is 0 Å². The van der Waals surface area contributed by atoms with E-state index in [-0.39, 0.29) is 11.4 Å². The molecule has 0 aliphatic carbocycles. The molecule has 0 radical (unpaired) electrons. The number of carbonyl (C=O) groups excluding carboxylic acids is 1. The van der Waals surface area contributed by atoms with Crippen molar-refractivity contribution in [1.29, 1.82) is 0 Å². The lowest BCUT2D eigenvalue weighted by atomic mass is 9.88. The van der Waals surface area contributed by atoms with Crippen molar-refractivity contribution in [2.45, 2.75) is 38.6 Å². The first-order valence-corrected chi connectivity index (χ1v) is 4.68. The van der Waals surface area contributed by atoms with E-state index < -0.39 is 0 Å². The van der Waals surface area contributed by atoms with Gasteiger partial charge in [0.15, 0.2) is 0 Å². The molecule has 1 aliphatic heterocycles. The third-order valence-electron chi connectivity index (χ3n) is 2.53. The Morgan fingerprint density at radius 2 is 2.08 bits per heavy atom. The fraction of sp³-hybridized carbons (Fsp3) is 0.889. The van der Waals surface area contributed by atoms with Crippen molar-refractivity contribution in [3.05, 3.63) is 0 Å². The Morgan fingerprint density at radius 1 is 1.50 bits per heavy atom. The lowest BCUT2D eigenvalue weighted by Crippen LogP contribution is -2.68. The van der Waals surface area contributed by atoms with Crippen LogP contribution in [0.1, 0.15) is 33.1 Å². The maximum Gasteiger partial charge on any atom is 0.222 e. The number of amides is 1. The van der Waals surface area contributed by atoms with Gasteiger partial charge in [0.2, 0.25) is 5.91 Å². The highest BCUT2D eigenvalue weighted by Crippen LogP contribution is 2.22. The Hall–Kier alpha value is -0.570. The van der Waals surface area contributed by atoms with Crippen molar-refractivity contribution >= 4 is 5.91 Å². The largest absolute Gasteiger partial charge is 0.339 e. The maximum absolute atomic E-state index is 11.3. The van der Waals surface area contributed by atoms with Crippen molar-refractivity contribution in [2.75, 3.05) is 13.1 Å². The highest BCUT2D eigenvalue weighted by Gasteiger charge is 2.39. The number of likely N-dealkylation sites (tertiary alicyclic amines) is 1. The van der Waals surface area contributed by atoms with E-state index in [1.807, 2.05) is 11.8 Å². The van der Waals surface area contributed by atoms with Gasteiger partial charge < -0.3 is 10.6 Å². The first kappa shape index (κ1) is 9.52. The number of hydrogen-bond acceptors (Lipinski definition) is 2. The molecular formula is C9H18N2O. The van der Waals surface area contributed by atoms with Crippen molar-refractivity contribution in [2.24, 2.45) is 5.73 Å². The van der Waals surface area contributed by atoms with Crippen LogP contribution in [0.25, 0.3) is 0 Å². The smallest absolute Gasteiger partial charge is 0.222 e. The Balaban J connectivity index is 2.29. The molecule has 3 nitrogen and oxygen atoms in total. The Kier molecular flexibility index (Phi) is 2.73. The SMILES string of the molecule is CCCC(=O)N1CC(N)(CC)C1. The van der Waals surface area contributed by atoms with Gasteiger partial charge in [-0.05, 0) is 12.8 Å². The fourth-order valence-corrected chi connectivity index (χ4v) is 1.49. The summed E-state index contributed by atoms with van der Waals surface area (Å²) in [6.07, 6.45) is 2.56.